The summed E-state index contributed by atoms with van der Waals surface area (Å²) in [7, 11) is 1.58. The van der Waals surface area contributed by atoms with Gasteiger partial charge in [0.15, 0.2) is 5.78 Å². The van der Waals surface area contributed by atoms with E-state index in [1.165, 1.54) is 0 Å². The Bertz CT molecular complexity index is 399. The molecule has 0 unspecified atom stereocenters. The molecule has 0 radical (unpaired) electrons. The quantitative estimate of drug-likeness (QED) is 0.775. The van der Waals surface area contributed by atoms with Crippen LogP contribution in [-0.2, 0) is 0 Å². The second kappa shape index (κ2) is 4.47. The maximum Gasteiger partial charge on any atom is 0.251 e. The second-order valence-corrected chi connectivity index (χ2v) is 4.74. The van der Waals surface area contributed by atoms with E-state index in [-0.39, 0.29) is 11.7 Å². The third-order valence-corrected chi connectivity index (χ3v) is 2.32. The van der Waals surface area contributed by atoms with Gasteiger partial charge in [0.25, 0.3) is 5.91 Å². The van der Waals surface area contributed by atoms with E-state index in [9.17, 15) is 9.59 Å². The molecule has 1 aromatic rings. The van der Waals surface area contributed by atoms with Crippen molar-refractivity contribution in [1.82, 2.24) is 5.32 Å². The predicted octanol–water partition coefficient (Wildman–Crippen LogP) is 2.28. The van der Waals surface area contributed by atoms with Gasteiger partial charge in [0.2, 0.25) is 0 Å². The van der Waals surface area contributed by atoms with E-state index in [1.54, 1.807) is 31.3 Å². The van der Waals surface area contributed by atoms with Crippen molar-refractivity contribution in [1.29, 1.82) is 0 Å². The number of benzene rings is 1. The molecule has 3 nitrogen and oxygen atoms in total. The predicted molar refractivity (Wildman–Crippen MR) is 63.6 cm³/mol. The van der Waals surface area contributed by atoms with Gasteiger partial charge in [0.1, 0.15) is 0 Å². The van der Waals surface area contributed by atoms with Crippen LogP contribution in [0.25, 0.3) is 0 Å². The van der Waals surface area contributed by atoms with E-state index in [1.807, 2.05) is 20.8 Å². The van der Waals surface area contributed by atoms with Crippen molar-refractivity contribution in [3.63, 3.8) is 0 Å². The Balaban J connectivity index is 2.96. The lowest BCUT2D eigenvalue weighted by atomic mass is 9.86. The number of carbonyl (C=O) groups excluding carboxylic acids is 2. The van der Waals surface area contributed by atoms with Crippen LogP contribution in [0.1, 0.15) is 41.5 Å². The second-order valence-electron chi connectivity index (χ2n) is 4.74. The summed E-state index contributed by atoms with van der Waals surface area (Å²) >= 11 is 0. The van der Waals surface area contributed by atoms with Crippen molar-refractivity contribution >= 4 is 11.7 Å². The Labute approximate surface area is 95.9 Å². The zero-order valence-electron chi connectivity index (χ0n) is 10.1. The molecule has 16 heavy (non-hydrogen) atoms. The third kappa shape index (κ3) is 2.69. The average Bonchev–Trinajstić information content (AvgIpc) is 2.26. The van der Waals surface area contributed by atoms with Crippen LogP contribution in [0.2, 0.25) is 0 Å². The number of Topliss-reactive ketones (excluding diaryl/α,β-unsaturated/α-hetero) is 1. The highest BCUT2D eigenvalue weighted by Crippen LogP contribution is 2.20. The van der Waals surface area contributed by atoms with Crippen molar-refractivity contribution < 1.29 is 9.59 Å². The Morgan fingerprint density at radius 3 is 1.81 bits per heavy atom. The molecule has 0 saturated carbocycles. The van der Waals surface area contributed by atoms with Crippen molar-refractivity contribution in [3.8, 4) is 0 Å². The minimum absolute atomic E-state index is 0.0796. The summed E-state index contributed by atoms with van der Waals surface area (Å²) in [6.45, 7) is 5.63. The summed E-state index contributed by atoms with van der Waals surface area (Å²) in [6, 6.07) is 6.71. The molecular formula is C13H17NO2. The first-order valence-electron chi connectivity index (χ1n) is 5.23. The van der Waals surface area contributed by atoms with E-state index in [2.05, 4.69) is 5.32 Å². The number of nitrogens with one attached hydrogen (secondary N) is 1. The summed E-state index contributed by atoms with van der Waals surface area (Å²) in [6.07, 6.45) is 0. The van der Waals surface area contributed by atoms with Crippen LogP contribution in [-0.4, -0.2) is 18.7 Å². The standard InChI is InChI=1S/C13H17NO2/c1-13(2,3)11(15)9-5-7-10(8-6-9)12(16)14-4/h5-8H,1-4H3,(H,14,16). The van der Waals surface area contributed by atoms with Crippen LogP contribution in [0, 0.1) is 5.41 Å². The van der Waals surface area contributed by atoms with Crippen molar-refractivity contribution in [2.24, 2.45) is 5.41 Å². The van der Waals surface area contributed by atoms with Crippen LogP contribution < -0.4 is 5.32 Å². The van der Waals surface area contributed by atoms with Crippen molar-refractivity contribution in [2.75, 3.05) is 7.05 Å². The van der Waals surface area contributed by atoms with Gasteiger partial charge in [0, 0.05) is 23.6 Å². The van der Waals surface area contributed by atoms with Gasteiger partial charge in [-0.05, 0) is 12.1 Å². The fourth-order valence-electron chi connectivity index (χ4n) is 1.35. The maximum absolute atomic E-state index is 11.9. The number of hydrogen-bond acceptors (Lipinski definition) is 2. The van der Waals surface area contributed by atoms with Crippen LogP contribution in [0.4, 0.5) is 0 Å². The zero-order valence-corrected chi connectivity index (χ0v) is 10.1. The molecule has 0 bridgehead atoms. The molecule has 0 heterocycles. The van der Waals surface area contributed by atoms with Gasteiger partial charge in [-0.3, -0.25) is 9.59 Å². The first-order chi connectivity index (χ1) is 7.36. The molecule has 0 spiro atoms. The van der Waals surface area contributed by atoms with E-state index in [0.717, 1.165) is 0 Å². The maximum atomic E-state index is 11.9. The summed E-state index contributed by atoms with van der Waals surface area (Å²) in [4.78, 5) is 23.2. The highest BCUT2D eigenvalue weighted by molar-refractivity contribution is 6.01. The van der Waals surface area contributed by atoms with Gasteiger partial charge in [-0.2, -0.15) is 0 Å². The van der Waals surface area contributed by atoms with Crippen molar-refractivity contribution in [3.05, 3.63) is 35.4 Å². The van der Waals surface area contributed by atoms with Gasteiger partial charge >= 0.3 is 0 Å². The summed E-state index contributed by atoms with van der Waals surface area (Å²) in [5.41, 5.74) is 0.808. The van der Waals surface area contributed by atoms with E-state index < -0.39 is 5.41 Å². The van der Waals surface area contributed by atoms with Gasteiger partial charge in [-0.1, -0.05) is 32.9 Å². The van der Waals surface area contributed by atoms with E-state index >= 15 is 0 Å². The van der Waals surface area contributed by atoms with E-state index in [0.29, 0.717) is 11.1 Å². The lowest BCUT2D eigenvalue weighted by Gasteiger charge is -2.16. The molecule has 1 amide bonds. The number of hydrogen-bond donors (Lipinski definition) is 1. The Kier molecular flexibility index (Phi) is 3.48. The Hall–Kier alpha value is -1.64. The monoisotopic (exact) mass is 219 g/mol. The fraction of sp³-hybridized carbons (Fsp3) is 0.385. The highest BCUT2D eigenvalue weighted by atomic mass is 16.1. The van der Waals surface area contributed by atoms with E-state index in [4.69, 9.17) is 0 Å². The van der Waals surface area contributed by atoms with Crippen LogP contribution in [0.5, 0.6) is 0 Å². The van der Waals surface area contributed by atoms with Crippen molar-refractivity contribution in [2.45, 2.75) is 20.8 Å². The largest absolute Gasteiger partial charge is 0.355 e. The fourth-order valence-corrected chi connectivity index (χ4v) is 1.35. The molecule has 1 rings (SSSR count). The molecule has 0 aliphatic carbocycles. The molecule has 86 valence electrons. The molecule has 0 saturated heterocycles. The number of amides is 1. The minimum Gasteiger partial charge on any atom is -0.355 e. The summed E-state index contributed by atoms with van der Waals surface area (Å²) in [5.74, 6) is -0.0642. The molecule has 0 fully saturated rings. The smallest absolute Gasteiger partial charge is 0.251 e. The first-order valence-corrected chi connectivity index (χ1v) is 5.23. The summed E-state index contributed by atoms with van der Waals surface area (Å²) in [5, 5.41) is 2.54. The number of ketones is 1. The number of carbonyl (C=O) groups is 2. The van der Waals surface area contributed by atoms with Gasteiger partial charge in [0.05, 0.1) is 0 Å². The Morgan fingerprint density at radius 1 is 1.00 bits per heavy atom. The SMILES string of the molecule is CNC(=O)c1ccc(C(=O)C(C)(C)C)cc1. The molecule has 0 aliphatic heterocycles. The molecule has 0 atom stereocenters. The lowest BCUT2D eigenvalue weighted by molar-refractivity contribution is 0.0857. The molecular weight excluding hydrogens is 202 g/mol. The average molecular weight is 219 g/mol. The van der Waals surface area contributed by atoms with Crippen LogP contribution in [0.15, 0.2) is 24.3 Å². The topological polar surface area (TPSA) is 46.2 Å². The molecule has 0 aliphatic rings. The zero-order chi connectivity index (χ0) is 12.3. The highest BCUT2D eigenvalue weighted by Gasteiger charge is 2.22. The third-order valence-electron chi connectivity index (χ3n) is 2.32. The first kappa shape index (κ1) is 12.4. The van der Waals surface area contributed by atoms with Gasteiger partial charge in [-0.15, -0.1) is 0 Å². The molecule has 1 aromatic carbocycles. The molecule has 1 N–H and O–H groups in total. The normalized spacial score (nSPS) is 11.0. The molecule has 3 heteroatoms. The van der Waals surface area contributed by atoms with Gasteiger partial charge in [-0.25, -0.2) is 0 Å². The van der Waals surface area contributed by atoms with Crippen LogP contribution >= 0.6 is 0 Å². The Morgan fingerprint density at radius 2 is 1.44 bits per heavy atom. The minimum atomic E-state index is -0.394. The number of rotatable bonds is 2. The molecule has 0 aromatic heterocycles. The van der Waals surface area contributed by atoms with Crippen LogP contribution in [0.3, 0.4) is 0 Å². The van der Waals surface area contributed by atoms with Gasteiger partial charge < -0.3 is 5.32 Å². The summed E-state index contributed by atoms with van der Waals surface area (Å²) < 4.78 is 0. The lowest BCUT2D eigenvalue weighted by Crippen LogP contribution is -2.21.